The maximum absolute atomic E-state index is 13.3. The minimum atomic E-state index is -4.34. The lowest BCUT2D eigenvalue weighted by molar-refractivity contribution is -0.134. The second-order valence-electron chi connectivity index (χ2n) is 8.13. The van der Waals surface area contributed by atoms with Gasteiger partial charge < -0.3 is 4.90 Å². The van der Waals surface area contributed by atoms with E-state index in [1.54, 1.807) is 63.1 Å². The molecule has 0 aliphatic heterocycles. The summed E-state index contributed by atoms with van der Waals surface area (Å²) in [6.07, 6.45) is -5.35. The number of carbonyl (C=O) groups is 1. The molecular weight excluding hydrogens is 409 g/mol. The summed E-state index contributed by atoms with van der Waals surface area (Å²) in [5, 5.41) is -0.632. The van der Waals surface area contributed by atoms with Crippen molar-refractivity contribution in [3.63, 3.8) is 0 Å². The van der Waals surface area contributed by atoms with Crippen molar-refractivity contribution in [2.45, 2.75) is 45.2 Å². The first-order valence-electron chi connectivity index (χ1n) is 9.62. The molecule has 30 heavy (non-hydrogen) atoms. The number of amidine groups is 1. The highest BCUT2D eigenvalue weighted by Crippen LogP contribution is 2.40. The zero-order valence-corrected chi connectivity index (χ0v) is 18.4. The summed E-state index contributed by atoms with van der Waals surface area (Å²) in [5.41, 5.74) is 0.790. The van der Waals surface area contributed by atoms with E-state index in [1.807, 2.05) is 30.3 Å². The number of benzene rings is 2. The van der Waals surface area contributed by atoms with Crippen molar-refractivity contribution in [2.75, 3.05) is 7.05 Å². The van der Waals surface area contributed by atoms with Crippen LogP contribution in [0.5, 0.6) is 0 Å². The predicted molar refractivity (Wildman–Crippen MR) is 117 cm³/mol. The van der Waals surface area contributed by atoms with Gasteiger partial charge in [-0.1, -0.05) is 93.2 Å². The van der Waals surface area contributed by atoms with Crippen LogP contribution < -0.4 is 0 Å². The molecule has 0 aliphatic rings. The van der Waals surface area contributed by atoms with Gasteiger partial charge in [0.15, 0.2) is 5.17 Å². The van der Waals surface area contributed by atoms with Crippen molar-refractivity contribution in [3.8, 4) is 0 Å². The van der Waals surface area contributed by atoms with Gasteiger partial charge in [0.25, 0.3) is 5.91 Å². The average Bonchev–Trinajstić information content (AvgIpc) is 2.66. The van der Waals surface area contributed by atoms with Crippen LogP contribution in [-0.4, -0.2) is 29.2 Å². The molecule has 0 aliphatic carbocycles. The van der Waals surface area contributed by atoms with Gasteiger partial charge in [0.05, 0.1) is 6.42 Å². The smallest absolute Gasteiger partial charge is 0.350 e. The van der Waals surface area contributed by atoms with Crippen molar-refractivity contribution in [1.82, 2.24) is 4.90 Å². The molecule has 0 heterocycles. The lowest BCUT2D eigenvalue weighted by atomic mass is 9.96. The molecule has 1 atom stereocenters. The van der Waals surface area contributed by atoms with Gasteiger partial charge in [-0.2, -0.15) is 18.2 Å². The van der Waals surface area contributed by atoms with Crippen LogP contribution in [0.15, 0.2) is 65.7 Å². The van der Waals surface area contributed by atoms with E-state index >= 15 is 0 Å². The minimum Gasteiger partial charge on any atom is -0.350 e. The number of hydrogen-bond donors (Lipinski definition) is 0. The molecule has 7 heteroatoms. The van der Waals surface area contributed by atoms with Gasteiger partial charge in [0.1, 0.15) is 0 Å². The monoisotopic (exact) mass is 436 g/mol. The fourth-order valence-corrected chi connectivity index (χ4v) is 3.81. The lowest BCUT2D eigenvalue weighted by Crippen LogP contribution is -2.29. The van der Waals surface area contributed by atoms with E-state index in [-0.39, 0.29) is 11.1 Å². The number of thioether (sulfide) groups is 1. The first-order chi connectivity index (χ1) is 14.0. The highest BCUT2D eigenvalue weighted by atomic mass is 32.2. The Morgan fingerprint density at radius 1 is 1.00 bits per heavy atom. The van der Waals surface area contributed by atoms with Gasteiger partial charge in [-0.25, -0.2) is 0 Å². The van der Waals surface area contributed by atoms with Crippen LogP contribution in [0.25, 0.3) is 0 Å². The second-order valence-corrected chi connectivity index (χ2v) is 9.30. The Labute approximate surface area is 180 Å². The van der Waals surface area contributed by atoms with Gasteiger partial charge >= 0.3 is 6.18 Å². The van der Waals surface area contributed by atoms with Crippen molar-refractivity contribution in [3.05, 3.63) is 71.8 Å². The molecule has 0 fully saturated rings. The Morgan fingerprint density at radius 3 is 2.03 bits per heavy atom. The fraction of sp³-hybridized carbons (Fsp3) is 0.391. The van der Waals surface area contributed by atoms with Crippen LogP contribution in [0.1, 0.15) is 43.6 Å². The Balaban J connectivity index is 2.37. The van der Waals surface area contributed by atoms with E-state index in [2.05, 4.69) is 4.99 Å². The zero-order chi connectivity index (χ0) is 22.4. The normalized spacial score (nSPS) is 13.8. The molecule has 0 aromatic heterocycles. The summed E-state index contributed by atoms with van der Waals surface area (Å²) >= 11 is 0.977. The van der Waals surface area contributed by atoms with E-state index in [9.17, 15) is 18.0 Å². The Morgan fingerprint density at radius 2 is 1.53 bits per heavy atom. The van der Waals surface area contributed by atoms with Crippen LogP contribution in [0, 0.1) is 5.41 Å². The molecule has 2 aromatic carbocycles. The third-order valence-corrected chi connectivity index (χ3v) is 5.60. The Bertz CT molecular complexity index is 846. The lowest BCUT2D eigenvalue weighted by Gasteiger charge is -2.26. The van der Waals surface area contributed by atoms with E-state index in [0.717, 1.165) is 17.3 Å². The van der Waals surface area contributed by atoms with Gasteiger partial charge in [-0.05, 0) is 11.1 Å². The van der Waals surface area contributed by atoms with Crippen molar-refractivity contribution >= 4 is 22.8 Å². The summed E-state index contributed by atoms with van der Waals surface area (Å²) < 4.78 is 39.9. The second kappa shape index (κ2) is 10.2. The maximum Gasteiger partial charge on any atom is 0.390 e. The number of aliphatic imine (C=N–C) groups is 1. The fourth-order valence-electron chi connectivity index (χ4n) is 2.61. The summed E-state index contributed by atoms with van der Waals surface area (Å²) in [7, 11) is 1.74. The first kappa shape index (κ1) is 24.0. The molecule has 1 unspecified atom stereocenters. The van der Waals surface area contributed by atoms with E-state index in [4.69, 9.17) is 0 Å². The first-order valence-corrected chi connectivity index (χ1v) is 10.5. The molecule has 2 rings (SSSR count). The number of hydrogen-bond acceptors (Lipinski definition) is 2. The van der Waals surface area contributed by atoms with Gasteiger partial charge in [-0.3, -0.25) is 4.79 Å². The number of amides is 1. The third kappa shape index (κ3) is 7.86. The number of alkyl halides is 3. The molecule has 0 N–H and O–H groups in total. The number of carbonyl (C=O) groups excluding carboxylic acids is 1. The van der Waals surface area contributed by atoms with Crippen LogP contribution in [0.3, 0.4) is 0 Å². The minimum absolute atomic E-state index is 0.275. The van der Waals surface area contributed by atoms with Gasteiger partial charge in [0.2, 0.25) is 0 Å². The van der Waals surface area contributed by atoms with E-state index < -0.39 is 23.3 Å². The van der Waals surface area contributed by atoms with Crippen LogP contribution in [0.4, 0.5) is 13.2 Å². The summed E-state index contributed by atoms with van der Waals surface area (Å²) in [5.74, 6) is -0.372. The topological polar surface area (TPSA) is 32.7 Å². The van der Waals surface area contributed by atoms with Gasteiger partial charge in [0, 0.05) is 24.3 Å². The number of rotatable bonds is 5. The third-order valence-electron chi connectivity index (χ3n) is 4.26. The average molecular weight is 437 g/mol. The van der Waals surface area contributed by atoms with Crippen molar-refractivity contribution in [1.29, 1.82) is 0 Å². The molecule has 3 nitrogen and oxygen atoms in total. The number of nitrogens with zero attached hydrogens (tertiary/aromatic N) is 2. The highest BCUT2D eigenvalue weighted by molar-refractivity contribution is 8.14. The highest BCUT2D eigenvalue weighted by Gasteiger charge is 2.34. The van der Waals surface area contributed by atoms with Crippen LogP contribution >= 0.6 is 11.8 Å². The standard InChI is InChI=1S/C23H27F3N2OS/c1-22(2,3)20(29)27-21(28(4)16-17-11-7-5-8-12-17)30-19(15-23(24,25)26)18-13-9-6-10-14-18/h5-14,19H,15-16H2,1-4H3. The van der Waals surface area contributed by atoms with E-state index in [0.29, 0.717) is 12.1 Å². The number of halogens is 3. The molecular formula is C23H27F3N2OS. The summed E-state index contributed by atoms with van der Waals surface area (Å²) in [6, 6.07) is 18.1. The molecule has 2 aromatic rings. The Hall–Kier alpha value is -2.28. The molecule has 0 bridgehead atoms. The molecule has 0 saturated carbocycles. The largest absolute Gasteiger partial charge is 0.390 e. The van der Waals surface area contributed by atoms with Crippen LogP contribution in [-0.2, 0) is 11.3 Å². The Kier molecular flexibility index (Phi) is 8.12. The summed E-state index contributed by atoms with van der Waals surface area (Å²) in [6.45, 7) is 5.64. The molecule has 162 valence electrons. The zero-order valence-electron chi connectivity index (χ0n) is 17.6. The van der Waals surface area contributed by atoms with Gasteiger partial charge in [-0.15, -0.1) is 0 Å². The maximum atomic E-state index is 13.3. The molecule has 0 spiro atoms. The van der Waals surface area contributed by atoms with Crippen molar-refractivity contribution < 1.29 is 18.0 Å². The molecule has 0 radical (unpaired) electrons. The van der Waals surface area contributed by atoms with Crippen molar-refractivity contribution in [2.24, 2.45) is 10.4 Å². The quantitative estimate of drug-likeness (QED) is 0.398. The molecule has 1 amide bonds. The van der Waals surface area contributed by atoms with Crippen LogP contribution in [0.2, 0.25) is 0 Å². The predicted octanol–water partition coefficient (Wildman–Crippen LogP) is 6.47. The van der Waals surface area contributed by atoms with E-state index in [1.165, 1.54) is 0 Å². The molecule has 0 saturated heterocycles. The summed E-state index contributed by atoms with van der Waals surface area (Å²) in [4.78, 5) is 18.6. The SMILES string of the molecule is CN(Cc1ccccc1)C(=NC(=O)C(C)(C)C)SC(CC(F)(F)F)c1ccccc1.